The Labute approximate surface area is 126 Å². The van der Waals surface area contributed by atoms with Gasteiger partial charge in [0.15, 0.2) is 0 Å². The van der Waals surface area contributed by atoms with Crippen molar-refractivity contribution in [1.82, 2.24) is 10.2 Å². The smallest absolute Gasteiger partial charge is 0.250 e. The van der Waals surface area contributed by atoms with E-state index in [1.807, 2.05) is 44.2 Å². The van der Waals surface area contributed by atoms with Crippen LogP contribution in [0.15, 0.2) is 30.3 Å². The number of piperazine rings is 1. The van der Waals surface area contributed by atoms with Crippen molar-refractivity contribution in [2.24, 2.45) is 5.92 Å². The van der Waals surface area contributed by atoms with Gasteiger partial charge >= 0.3 is 0 Å². The molecule has 4 nitrogen and oxygen atoms in total. The molecule has 4 heteroatoms. The second-order valence-corrected chi connectivity index (χ2v) is 6.01. The van der Waals surface area contributed by atoms with Gasteiger partial charge in [0.2, 0.25) is 5.91 Å². The molecule has 1 saturated heterocycles. The highest BCUT2D eigenvalue weighted by molar-refractivity contribution is 5.97. The maximum Gasteiger partial charge on any atom is 0.250 e. The van der Waals surface area contributed by atoms with Crippen molar-refractivity contribution in [1.29, 1.82) is 0 Å². The third kappa shape index (κ3) is 2.94. The van der Waals surface area contributed by atoms with Gasteiger partial charge in [-0.25, -0.2) is 0 Å². The van der Waals surface area contributed by atoms with Crippen LogP contribution in [0.2, 0.25) is 0 Å². The molecule has 1 aromatic carbocycles. The summed E-state index contributed by atoms with van der Waals surface area (Å²) in [5.41, 5.74) is 0.839. The lowest BCUT2D eigenvalue weighted by Gasteiger charge is -2.43. The van der Waals surface area contributed by atoms with E-state index in [1.165, 1.54) is 0 Å². The number of amides is 2. The first-order valence-electron chi connectivity index (χ1n) is 7.64. The van der Waals surface area contributed by atoms with Crippen LogP contribution in [0.5, 0.6) is 0 Å². The molecule has 0 saturated carbocycles. The van der Waals surface area contributed by atoms with Crippen molar-refractivity contribution < 1.29 is 9.59 Å². The summed E-state index contributed by atoms with van der Waals surface area (Å²) >= 11 is 0. The monoisotopic (exact) mass is 288 g/mol. The van der Waals surface area contributed by atoms with Crippen LogP contribution in [0.25, 0.3) is 0 Å². The Hall–Kier alpha value is -1.84. The summed E-state index contributed by atoms with van der Waals surface area (Å²) in [6, 6.07) is 8.55. The van der Waals surface area contributed by atoms with Gasteiger partial charge in [0, 0.05) is 6.04 Å². The first kappa shape index (κ1) is 15.5. The van der Waals surface area contributed by atoms with Crippen LogP contribution in [0, 0.1) is 5.92 Å². The van der Waals surface area contributed by atoms with Crippen LogP contribution in [-0.4, -0.2) is 28.8 Å². The van der Waals surface area contributed by atoms with Gasteiger partial charge in [-0.05, 0) is 24.8 Å². The molecule has 3 unspecified atom stereocenters. The zero-order valence-corrected chi connectivity index (χ0v) is 13.2. The zero-order valence-electron chi connectivity index (χ0n) is 13.2. The van der Waals surface area contributed by atoms with Crippen molar-refractivity contribution in [2.45, 2.75) is 52.2 Å². The molecule has 1 aliphatic heterocycles. The minimum Gasteiger partial charge on any atom is -0.339 e. The van der Waals surface area contributed by atoms with E-state index in [0.717, 1.165) is 5.56 Å². The fourth-order valence-electron chi connectivity index (χ4n) is 2.79. The number of carbonyl (C=O) groups is 2. The highest BCUT2D eigenvalue weighted by Crippen LogP contribution is 2.27. The number of rotatable bonds is 4. The fourth-order valence-corrected chi connectivity index (χ4v) is 2.79. The predicted octanol–water partition coefficient (Wildman–Crippen LogP) is 2.51. The van der Waals surface area contributed by atoms with Gasteiger partial charge in [-0.3, -0.25) is 9.59 Å². The standard InChI is InChI=1S/C17H24N2O2/c1-5-14-16(20)18-15(13-9-7-6-8-10-13)17(21)19(14)12(4)11(2)3/h6-12,14-15H,5H2,1-4H3,(H,18,20). The number of hydrogen-bond donors (Lipinski definition) is 1. The van der Waals surface area contributed by atoms with Crippen LogP contribution in [-0.2, 0) is 9.59 Å². The summed E-state index contributed by atoms with van der Waals surface area (Å²) < 4.78 is 0. The van der Waals surface area contributed by atoms with Gasteiger partial charge in [-0.2, -0.15) is 0 Å². The molecule has 0 bridgehead atoms. The molecule has 1 aromatic rings. The maximum atomic E-state index is 12.9. The molecule has 2 rings (SSSR count). The third-order valence-electron chi connectivity index (χ3n) is 4.35. The van der Waals surface area contributed by atoms with E-state index in [9.17, 15) is 9.59 Å². The predicted molar refractivity (Wildman–Crippen MR) is 82.6 cm³/mol. The molecule has 0 spiro atoms. The quantitative estimate of drug-likeness (QED) is 0.925. The van der Waals surface area contributed by atoms with Crippen LogP contribution >= 0.6 is 0 Å². The van der Waals surface area contributed by atoms with Gasteiger partial charge in [0.1, 0.15) is 12.1 Å². The van der Waals surface area contributed by atoms with Crippen molar-refractivity contribution in [2.75, 3.05) is 0 Å². The van der Waals surface area contributed by atoms with Gasteiger partial charge in [0.05, 0.1) is 0 Å². The Kier molecular flexibility index (Phi) is 4.66. The lowest BCUT2D eigenvalue weighted by atomic mass is 9.94. The second-order valence-electron chi connectivity index (χ2n) is 6.01. The molecule has 2 amide bonds. The minimum atomic E-state index is -0.567. The van der Waals surface area contributed by atoms with E-state index in [1.54, 1.807) is 4.90 Å². The van der Waals surface area contributed by atoms with Crippen LogP contribution in [0.3, 0.4) is 0 Å². The third-order valence-corrected chi connectivity index (χ3v) is 4.35. The lowest BCUT2D eigenvalue weighted by molar-refractivity contribution is -0.153. The number of nitrogens with one attached hydrogen (secondary N) is 1. The average molecular weight is 288 g/mol. The molecule has 114 valence electrons. The zero-order chi connectivity index (χ0) is 15.6. The summed E-state index contributed by atoms with van der Waals surface area (Å²) in [4.78, 5) is 27.1. The van der Waals surface area contributed by atoms with Gasteiger partial charge < -0.3 is 10.2 Å². The normalized spacial score (nSPS) is 24.1. The largest absolute Gasteiger partial charge is 0.339 e. The summed E-state index contributed by atoms with van der Waals surface area (Å²) in [6.07, 6.45) is 0.635. The maximum absolute atomic E-state index is 12.9. The minimum absolute atomic E-state index is 0.00569. The van der Waals surface area contributed by atoms with E-state index in [4.69, 9.17) is 0 Å². The molecule has 0 radical (unpaired) electrons. The number of nitrogens with zero attached hydrogens (tertiary/aromatic N) is 1. The molecular weight excluding hydrogens is 264 g/mol. The van der Waals surface area contributed by atoms with Gasteiger partial charge in [-0.15, -0.1) is 0 Å². The number of carbonyl (C=O) groups excluding carboxylic acids is 2. The van der Waals surface area contributed by atoms with Crippen molar-refractivity contribution in [3.63, 3.8) is 0 Å². The summed E-state index contributed by atoms with van der Waals surface area (Å²) in [6.45, 7) is 8.12. The Morgan fingerprint density at radius 2 is 1.76 bits per heavy atom. The Morgan fingerprint density at radius 3 is 2.29 bits per heavy atom. The summed E-state index contributed by atoms with van der Waals surface area (Å²) in [7, 11) is 0. The molecule has 1 heterocycles. The average Bonchev–Trinajstić information content (AvgIpc) is 2.48. The lowest BCUT2D eigenvalue weighted by Crippen LogP contribution is -2.62. The van der Waals surface area contributed by atoms with Gasteiger partial charge in [0.25, 0.3) is 5.91 Å². The first-order chi connectivity index (χ1) is 9.97. The van der Waals surface area contributed by atoms with Crippen LogP contribution in [0.1, 0.15) is 45.7 Å². The highest BCUT2D eigenvalue weighted by atomic mass is 16.2. The molecule has 0 aromatic heterocycles. The Balaban J connectivity index is 2.36. The summed E-state index contributed by atoms with van der Waals surface area (Å²) in [5.74, 6) is 0.248. The first-order valence-corrected chi connectivity index (χ1v) is 7.64. The van der Waals surface area contributed by atoms with Crippen LogP contribution in [0.4, 0.5) is 0 Å². The molecule has 1 fully saturated rings. The molecular formula is C17H24N2O2. The molecule has 1 aliphatic rings. The fraction of sp³-hybridized carbons (Fsp3) is 0.529. The van der Waals surface area contributed by atoms with E-state index in [-0.39, 0.29) is 23.9 Å². The van der Waals surface area contributed by atoms with E-state index in [2.05, 4.69) is 19.2 Å². The van der Waals surface area contributed by atoms with Crippen molar-refractivity contribution in [3.8, 4) is 0 Å². The van der Waals surface area contributed by atoms with Crippen molar-refractivity contribution >= 4 is 11.8 Å². The van der Waals surface area contributed by atoms with Crippen molar-refractivity contribution in [3.05, 3.63) is 35.9 Å². The Bertz CT molecular complexity index is 513. The Morgan fingerprint density at radius 1 is 1.14 bits per heavy atom. The second kappa shape index (κ2) is 6.29. The number of hydrogen-bond acceptors (Lipinski definition) is 2. The van der Waals surface area contributed by atoms with E-state index in [0.29, 0.717) is 12.3 Å². The van der Waals surface area contributed by atoms with Crippen LogP contribution < -0.4 is 5.32 Å². The molecule has 0 aliphatic carbocycles. The molecule has 1 N–H and O–H groups in total. The topological polar surface area (TPSA) is 49.4 Å². The molecule has 3 atom stereocenters. The van der Waals surface area contributed by atoms with E-state index >= 15 is 0 Å². The van der Waals surface area contributed by atoms with Gasteiger partial charge in [-0.1, -0.05) is 51.1 Å². The molecule has 21 heavy (non-hydrogen) atoms. The number of benzene rings is 1. The van der Waals surface area contributed by atoms with E-state index < -0.39 is 6.04 Å². The summed E-state index contributed by atoms with van der Waals surface area (Å²) in [5, 5.41) is 2.88. The SMILES string of the molecule is CCC1C(=O)NC(c2ccccc2)C(=O)N1C(C)C(C)C. The highest BCUT2D eigenvalue weighted by Gasteiger charge is 2.42.